The predicted molar refractivity (Wildman–Crippen MR) is 132 cm³/mol. The minimum atomic E-state index is -4.22. The molecule has 0 spiro atoms. The Bertz CT molecular complexity index is 1840. The molecule has 5 aromatic rings. The molecular formula is C23H15ClN2O7S2. The highest BCUT2D eigenvalue weighted by molar-refractivity contribution is 7.93. The third-order valence-electron chi connectivity index (χ3n) is 5.04. The van der Waals surface area contributed by atoms with Gasteiger partial charge in [0, 0.05) is 27.9 Å². The number of hydrogen-bond donors (Lipinski definition) is 2. The van der Waals surface area contributed by atoms with Crippen LogP contribution in [-0.2, 0) is 20.0 Å². The Kier molecular flexibility index (Phi) is 5.55. The smallest absolute Gasteiger partial charge is 0.336 e. The Morgan fingerprint density at radius 3 is 2.17 bits per heavy atom. The molecule has 2 N–H and O–H groups in total. The molecule has 0 aliphatic heterocycles. The molecule has 178 valence electrons. The molecule has 5 rings (SSSR count). The number of hydrogen-bond acceptors (Lipinski definition) is 7. The number of nitrogens with one attached hydrogen (secondary N) is 2. The van der Waals surface area contributed by atoms with E-state index in [0.29, 0.717) is 16.4 Å². The van der Waals surface area contributed by atoms with Crippen molar-refractivity contribution in [3.8, 4) is 0 Å². The maximum atomic E-state index is 13.1. The van der Waals surface area contributed by atoms with Gasteiger partial charge in [0.15, 0.2) is 0 Å². The van der Waals surface area contributed by atoms with E-state index in [1.165, 1.54) is 54.6 Å². The first-order valence-corrected chi connectivity index (χ1v) is 13.3. The van der Waals surface area contributed by atoms with Gasteiger partial charge in [0.25, 0.3) is 20.0 Å². The molecule has 0 aliphatic rings. The van der Waals surface area contributed by atoms with Crippen LogP contribution in [0.25, 0.3) is 21.9 Å². The predicted octanol–water partition coefficient (Wildman–Crippen LogP) is 4.79. The van der Waals surface area contributed by atoms with E-state index in [1.54, 1.807) is 24.3 Å². The van der Waals surface area contributed by atoms with Gasteiger partial charge < -0.3 is 8.83 Å². The summed E-state index contributed by atoms with van der Waals surface area (Å²) in [6.45, 7) is 0. The zero-order chi connectivity index (χ0) is 24.8. The standard InChI is InChI=1S/C23H15ClN2O7S2/c24-16-6-8-18(25-34(28,29)17-7-9-21-15(11-17)5-10-22(27)32-21)19(13-16)26-35(30,31)23-12-14-3-1-2-4-20(14)33-23/h1-13,25-26H. The molecule has 0 bridgehead atoms. The van der Waals surface area contributed by atoms with Gasteiger partial charge in [0.2, 0.25) is 5.09 Å². The summed E-state index contributed by atoms with van der Waals surface area (Å²) in [4.78, 5) is 11.2. The topological polar surface area (TPSA) is 136 Å². The number of furan rings is 1. The van der Waals surface area contributed by atoms with Gasteiger partial charge >= 0.3 is 5.63 Å². The number of benzene rings is 3. The number of halogens is 1. The van der Waals surface area contributed by atoms with Crippen molar-refractivity contribution < 1.29 is 25.7 Å². The lowest BCUT2D eigenvalue weighted by atomic mass is 10.2. The summed E-state index contributed by atoms with van der Waals surface area (Å²) in [5.41, 5.74) is -0.120. The minimum Gasteiger partial charge on any atom is -0.443 e. The summed E-state index contributed by atoms with van der Waals surface area (Å²) >= 11 is 6.05. The molecule has 12 heteroatoms. The monoisotopic (exact) mass is 530 g/mol. The lowest BCUT2D eigenvalue weighted by Gasteiger charge is -2.14. The summed E-state index contributed by atoms with van der Waals surface area (Å²) in [7, 11) is -8.38. The van der Waals surface area contributed by atoms with Gasteiger partial charge in [0.05, 0.1) is 16.3 Å². The van der Waals surface area contributed by atoms with Gasteiger partial charge in [-0.1, -0.05) is 29.8 Å². The molecule has 0 unspecified atom stereocenters. The van der Waals surface area contributed by atoms with E-state index >= 15 is 0 Å². The van der Waals surface area contributed by atoms with Crippen LogP contribution in [-0.4, -0.2) is 16.8 Å². The summed E-state index contributed by atoms with van der Waals surface area (Å²) in [5, 5.41) is 0.820. The summed E-state index contributed by atoms with van der Waals surface area (Å²) in [6, 6.07) is 18.7. The van der Waals surface area contributed by atoms with Crippen LogP contribution in [0.3, 0.4) is 0 Å². The molecule has 35 heavy (non-hydrogen) atoms. The maximum absolute atomic E-state index is 13.1. The molecule has 0 radical (unpaired) electrons. The largest absolute Gasteiger partial charge is 0.443 e. The summed E-state index contributed by atoms with van der Waals surface area (Å²) in [6.07, 6.45) is 0. The van der Waals surface area contributed by atoms with Gasteiger partial charge in [-0.25, -0.2) is 13.2 Å². The number of anilines is 2. The molecule has 0 aliphatic carbocycles. The Morgan fingerprint density at radius 1 is 0.657 bits per heavy atom. The lowest BCUT2D eigenvalue weighted by Crippen LogP contribution is -2.17. The van der Waals surface area contributed by atoms with Crippen LogP contribution in [0.15, 0.2) is 102 Å². The van der Waals surface area contributed by atoms with E-state index in [2.05, 4.69) is 9.44 Å². The third kappa shape index (κ3) is 4.61. The second-order valence-electron chi connectivity index (χ2n) is 7.46. The number of fused-ring (bicyclic) bond motifs is 2. The first-order valence-electron chi connectivity index (χ1n) is 9.98. The average molecular weight is 531 g/mol. The van der Waals surface area contributed by atoms with Gasteiger partial charge in [-0.3, -0.25) is 9.44 Å². The second-order valence-corrected chi connectivity index (χ2v) is 11.2. The van der Waals surface area contributed by atoms with E-state index in [0.717, 1.165) is 0 Å². The van der Waals surface area contributed by atoms with Crippen molar-refractivity contribution in [2.45, 2.75) is 9.99 Å². The fraction of sp³-hybridized carbons (Fsp3) is 0. The van der Waals surface area contributed by atoms with Crippen LogP contribution >= 0.6 is 11.6 Å². The quantitative estimate of drug-likeness (QED) is 0.301. The van der Waals surface area contributed by atoms with Crippen LogP contribution in [0.1, 0.15) is 0 Å². The molecular weight excluding hydrogens is 516 g/mol. The van der Waals surface area contributed by atoms with Crippen LogP contribution in [0, 0.1) is 0 Å². The molecule has 9 nitrogen and oxygen atoms in total. The van der Waals surface area contributed by atoms with Crippen LogP contribution in [0.5, 0.6) is 0 Å². The number of rotatable bonds is 6. The SMILES string of the molecule is O=c1ccc2cc(S(=O)(=O)Nc3ccc(Cl)cc3NS(=O)(=O)c3cc4ccccc4o3)ccc2o1. The molecule has 2 aromatic heterocycles. The van der Waals surface area contributed by atoms with Gasteiger partial charge in [-0.15, -0.1) is 0 Å². The van der Waals surface area contributed by atoms with E-state index < -0.39 is 25.7 Å². The fourth-order valence-electron chi connectivity index (χ4n) is 3.40. The van der Waals surface area contributed by atoms with E-state index in [4.69, 9.17) is 20.4 Å². The zero-order valence-corrected chi connectivity index (χ0v) is 19.9. The van der Waals surface area contributed by atoms with E-state index in [-0.39, 0.29) is 32.0 Å². The normalized spacial score (nSPS) is 12.1. The minimum absolute atomic E-state index is 0.0613. The summed E-state index contributed by atoms with van der Waals surface area (Å²) in [5.74, 6) is 0. The lowest BCUT2D eigenvalue weighted by molar-refractivity contribution is 0.484. The maximum Gasteiger partial charge on any atom is 0.336 e. The highest BCUT2D eigenvalue weighted by Gasteiger charge is 2.23. The van der Waals surface area contributed by atoms with Crippen molar-refractivity contribution in [2.24, 2.45) is 0 Å². The molecule has 3 aromatic carbocycles. The van der Waals surface area contributed by atoms with Crippen LogP contribution < -0.4 is 15.1 Å². The molecule has 0 amide bonds. The Hall–Kier alpha value is -3.80. The zero-order valence-electron chi connectivity index (χ0n) is 17.6. The van der Waals surface area contributed by atoms with E-state index in [1.807, 2.05) is 0 Å². The highest BCUT2D eigenvalue weighted by atomic mass is 35.5. The second kappa shape index (κ2) is 8.45. The Balaban J connectivity index is 1.49. The Morgan fingerprint density at radius 2 is 1.37 bits per heavy atom. The third-order valence-corrected chi connectivity index (χ3v) is 7.86. The van der Waals surface area contributed by atoms with Gasteiger partial charge in [0.1, 0.15) is 11.2 Å². The van der Waals surface area contributed by atoms with Gasteiger partial charge in [-0.2, -0.15) is 8.42 Å². The van der Waals surface area contributed by atoms with E-state index in [9.17, 15) is 21.6 Å². The van der Waals surface area contributed by atoms with Crippen molar-refractivity contribution in [3.05, 3.63) is 94.3 Å². The molecule has 0 atom stereocenters. The van der Waals surface area contributed by atoms with Crippen molar-refractivity contribution in [2.75, 3.05) is 9.44 Å². The van der Waals surface area contributed by atoms with Crippen molar-refractivity contribution in [3.63, 3.8) is 0 Å². The van der Waals surface area contributed by atoms with Crippen LogP contribution in [0.2, 0.25) is 5.02 Å². The molecule has 0 saturated carbocycles. The molecule has 0 saturated heterocycles. The Labute approximate surface area is 204 Å². The summed E-state index contributed by atoms with van der Waals surface area (Å²) < 4.78 is 67.3. The first kappa shape index (κ1) is 23.0. The highest BCUT2D eigenvalue weighted by Crippen LogP contribution is 2.32. The number of sulfonamides is 2. The molecule has 0 fully saturated rings. The van der Waals surface area contributed by atoms with Crippen molar-refractivity contribution in [1.29, 1.82) is 0 Å². The number of para-hydroxylation sites is 1. The first-order chi connectivity index (χ1) is 16.6. The van der Waals surface area contributed by atoms with Gasteiger partial charge in [-0.05, 0) is 48.5 Å². The average Bonchev–Trinajstić information content (AvgIpc) is 3.26. The van der Waals surface area contributed by atoms with Crippen molar-refractivity contribution >= 4 is 65.0 Å². The molecule has 2 heterocycles. The van der Waals surface area contributed by atoms with Crippen LogP contribution in [0.4, 0.5) is 11.4 Å². The van der Waals surface area contributed by atoms with Crippen molar-refractivity contribution in [1.82, 2.24) is 0 Å². The fourth-order valence-corrected chi connectivity index (χ4v) is 5.72.